The van der Waals surface area contributed by atoms with E-state index in [0.717, 1.165) is 37.1 Å². The van der Waals surface area contributed by atoms with Gasteiger partial charge in [0.2, 0.25) is 5.89 Å². The lowest BCUT2D eigenvalue weighted by Crippen LogP contribution is -2.16. The Morgan fingerprint density at radius 2 is 1.66 bits per heavy atom. The summed E-state index contributed by atoms with van der Waals surface area (Å²) in [6, 6.07) is 13.4. The van der Waals surface area contributed by atoms with Crippen LogP contribution in [-0.4, -0.2) is 38.1 Å². The normalized spacial score (nSPS) is 11.8. The molecule has 0 unspecified atom stereocenters. The van der Waals surface area contributed by atoms with E-state index in [9.17, 15) is 13.2 Å². The van der Waals surface area contributed by atoms with E-state index < -0.39 is 6.36 Å². The summed E-state index contributed by atoms with van der Waals surface area (Å²) in [4.78, 5) is 5.84. The lowest BCUT2D eigenvalue weighted by Gasteiger charge is -2.08. The van der Waals surface area contributed by atoms with E-state index in [1.807, 2.05) is 24.3 Å². The molecule has 0 aliphatic carbocycles. The van der Waals surface area contributed by atoms with Gasteiger partial charge in [-0.05, 0) is 67.2 Å². The van der Waals surface area contributed by atoms with Crippen LogP contribution in [0.2, 0.25) is 0 Å². The van der Waals surface area contributed by atoms with Crippen LogP contribution in [0.25, 0.3) is 12.2 Å². The minimum atomic E-state index is -4.72. The molecule has 4 rings (SSSR count). The Bertz CT molecular complexity index is 1300. The molecule has 0 bridgehead atoms. The molecule has 2 heterocycles. The molecule has 0 spiro atoms. The molecular formula is C27H27F3N4O4. The van der Waals surface area contributed by atoms with Gasteiger partial charge in [0.25, 0.3) is 0 Å². The van der Waals surface area contributed by atoms with Crippen LogP contribution >= 0.6 is 0 Å². The van der Waals surface area contributed by atoms with Crippen molar-refractivity contribution >= 4 is 12.2 Å². The highest BCUT2D eigenvalue weighted by molar-refractivity contribution is 5.66. The van der Waals surface area contributed by atoms with Gasteiger partial charge in [0.15, 0.2) is 0 Å². The number of rotatable bonds is 13. The van der Waals surface area contributed by atoms with Crippen LogP contribution < -0.4 is 9.47 Å². The summed E-state index contributed by atoms with van der Waals surface area (Å²) in [5.41, 5.74) is 3.43. The molecule has 1 N–H and O–H groups in total. The number of nitrogens with zero attached hydrogens (tertiary/aromatic N) is 4. The number of aliphatic hydroxyl groups is 1. The number of unbranched alkanes of at least 4 members (excludes halogenated alkanes) is 1. The van der Waals surface area contributed by atoms with E-state index in [2.05, 4.69) is 19.9 Å². The largest absolute Gasteiger partial charge is 0.573 e. The maximum atomic E-state index is 12.3. The summed E-state index contributed by atoms with van der Waals surface area (Å²) in [6.07, 6.45) is 5.63. The number of oxazole rings is 1. The molecule has 0 saturated carbocycles. The highest BCUT2D eigenvalue weighted by Crippen LogP contribution is 2.23. The standard InChI is InChI=1S/C27H27F3N4O4/c28-27(29,30)38-25-12-7-21(8-13-25)9-14-26-32-23(19-37-26)18-36-24-10-5-20(6-11-24)3-1-2-4-22-17-31-34(33-22)15-16-35/h5-14,17,19,35H,1-4,15-16,18H2/b14-9+. The molecule has 2 aromatic heterocycles. The van der Waals surface area contributed by atoms with Crippen LogP contribution in [0, 0.1) is 0 Å². The second-order valence-electron chi connectivity index (χ2n) is 8.42. The molecule has 38 heavy (non-hydrogen) atoms. The van der Waals surface area contributed by atoms with E-state index in [0.29, 0.717) is 23.7 Å². The molecule has 11 heteroatoms. The first-order valence-electron chi connectivity index (χ1n) is 12.1. The Morgan fingerprint density at radius 1 is 0.921 bits per heavy atom. The fraction of sp³-hybridized carbons (Fsp3) is 0.296. The van der Waals surface area contributed by atoms with Crippen LogP contribution in [-0.2, 0) is 26.0 Å². The molecule has 200 valence electrons. The third kappa shape index (κ3) is 8.77. The minimum Gasteiger partial charge on any atom is -0.487 e. The van der Waals surface area contributed by atoms with Crippen LogP contribution in [0.3, 0.4) is 0 Å². The Kier molecular flexibility index (Phi) is 9.15. The maximum absolute atomic E-state index is 12.3. The van der Waals surface area contributed by atoms with Crippen molar-refractivity contribution < 1.29 is 32.2 Å². The van der Waals surface area contributed by atoms with Crippen molar-refractivity contribution in [3.63, 3.8) is 0 Å². The number of hydrogen-bond acceptors (Lipinski definition) is 7. The van der Waals surface area contributed by atoms with Crippen LogP contribution in [0.15, 0.2) is 65.4 Å². The zero-order chi connectivity index (χ0) is 26.8. The maximum Gasteiger partial charge on any atom is 0.573 e. The first kappa shape index (κ1) is 26.9. The Labute approximate surface area is 217 Å². The lowest BCUT2D eigenvalue weighted by molar-refractivity contribution is -0.274. The highest BCUT2D eigenvalue weighted by Gasteiger charge is 2.30. The molecule has 0 atom stereocenters. The van der Waals surface area contributed by atoms with Crippen molar-refractivity contribution in [1.29, 1.82) is 0 Å². The summed E-state index contributed by atoms with van der Waals surface area (Å²) in [5.74, 6) is 0.788. The van der Waals surface area contributed by atoms with E-state index in [-0.39, 0.29) is 19.0 Å². The number of benzene rings is 2. The molecule has 0 amide bonds. The van der Waals surface area contributed by atoms with Gasteiger partial charge in [0.1, 0.15) is 30.1 Å². The van der Waals surface area contributed by atoms with Gasteiger partial charge in [-0.15, -0.1) is 13.2 Å². The van der Waals surface area contributed by atoms with Gasteiger partial charge in [0, 0.05) is 6.08 Å². The number of aromatic nitrogens is 4. The number of alkyl halides is 3. The molecule has 0 radical (unpaired) electrons. The molecule has 0 saturated heterocycles. The predicted molar refractivity (Wildman–Crippen MR) is 133 cm³/mol. The summed E-state index contributed by atoms with van der Waals surface area (Å²) in [6.45, 7) is 0.670. The number of aryl methyl sites for hydroxylation is 2. The van der Waals surface area contributed by atoms with E-state index in [4.69, 9.17) is 14.3 Å². The monoisotopic (exact) mass is 528 g/mol. The summed E-state index contributed by atoms with van der Waals surface area (Å²) >= 11 is 0. The second-order valence-corrected chi connectivity index (χ2v) is 8.42. The average Bonchev–Trinajstić information content (AvgIpc) is 3.54. The van der Waals surface area contributed by atoms with Gasteiger partial charge >= 0.3 is 6.36 Å². The van der Waals surface area contributed by atoms with E-state index in [1.54, 1.807) is 18.3 Å². The van der Waals surface area contributed by atoms with Crippen molar-refractivity contribution in [3.05, 3.63) is 89.4 Å². The average molecular weight is 529 g/mol. The van der Waals surface area contributed by atoms with Gasteiger partial charge < -0.3 is 19.0 Å². The minimum absolute atomic E-state index is 0.0261. The van der Waals surface area contributed by atoms with Crippen molar-refractivity contribution in [3.8, 4) is 11.5 Å². The van der Waals surface area contributed by atoms with Gasteiger partial charge in [-0.2, -0.15) is 15.0 Å². The Balaban J connectivity index is 1.17. The highest BCUT2D eigenvalue weighted by atomic mass is 19.4. The van der Waals surface area contributed by atoms with Gasteiger partial charge in [0.05, 0.1) is 25.0 Å². The zero-order valence-electron chi connectivity index (χ0n) is 20.5. The molecule has 4 aromatic rings. The molecule has 0 aliphatic heterocycles. The quantitative estimate of drug-likeness (QED) is 0.230. The Morgan fingerprint density at radius 3 is 2.39 bits per heavy atom. The van der Waals surface area contributed by atoms with Gasteiger partial charge in [-0.1, -0.05) is 24.3 Å². The summed E-state index contributed by atoms with van der Waals surface area (Å²) in [7, 11) is 0. The molecule has 2 aromatic carbocycles. The second kappa shape index (κ2) is 12.9. The molecule has 0 aliphatic rings. The predicted octanol–water partition coefficient (Wildman–Crippen LogP) is 5.47. The third-order valence-corrected chi connectivity index (χ3v) is 5.44. The Hall–Kier alpha value is -4.12. The zero-order valence-corrected chi connectivity index (χ0v) is 20.5. The fourth-order valence-corrected chi connectivity index (χ4v) is 3.60. The number of halogens is 3. The fourth-order valence-electron chi connectivity index (χ4n) is 3.60. The molecular weight excluding hydrogens is 501 g/mol. The number of hydrogen-bond donors (Lipinski definition) is 1. The summed E-state index contributed by atoms with van der Waals surface area (Å²) < 4.78 is 51.8. The topological polar surface area (TPSA) is 95.4 Å². The van der Waals surface area contributed by atoms with Crippen molar-refractivity contribution in [1.82, 2.24) is 20.0 Å². The van der Waals surface area contributed by atoms with E-state index >= 15 is 0 Å². The van der Waals surface area contributed by atoms with Crippen molar-refractivity contribution in [2.45, 2.75) is 45.2 Å². The summed E-state index contributed by atoms with van der Waals surface area (Å²) in [5, 5.41) is 17.4. The SMILES string of the molecule is OCCn1ncc(CCCCc2ccc(OCc3coc(/C=C/c4ccc(OC(F)(F)F)cc4)n3)cc2)n1. The number of aliphatic hydroxyl groups excluding tert-OH is 1. The van der Waals surface area contributed by atoms with Gasteiger partial charge in [-0.3, -0.25) is 0 Å². The lowest BCUT2D eigenvalue weighted by atomic mass is 10.1. The molecule has 0 fully saturated rings. The van der Waals surface area contributed by atoms with E-state index in [1.165, 1.54) is 40.9 Å². The third-order valence-electron chi connectivity index (χ3n) is 5.44. The first-order chi connectivity index (χ1) is 18.4. The van der Waals surface area contributed by atoms with Crippen LogP contribution in [0.5, 0.6) is 11.5 Å². The first-order valence-corrected chi connectivity index (χ1v) is 12.1. The molecule has 8 nitrogen and oxygen atoms in total. The van der Waals surface area contributed by atoms with Crippen LogP contribution in [0.1, 0.15) is 41.2 Å². The van der Waals surface area contributed by atoms with Gasteiger partial charge in [-0.25, -0.2) is 4.98 Å². The number of ether oxygens (including phenoxy) is 2. The van der Waals surface area contributed by atoms with Crippen molar-refractivity contribution in [2.75, 3.05) is 6.61 Å². The van der Waals surface area contributed by atoms with Crippen LogP contribution in [0.4, 0.5) is 13.2 Å². The van der Waals surface area contributed by atoms with Crippen molar-refractivity contribution in [2.24, 2.45) is 0 Å². The smallest absolute Gasteiger partial charge is 0.487 e.